The number of carbonyl (C=O) groups excluding carboxylic acids is 1. The molecule has 2 atom stereocenters. The molecule has 150 valence electrons. The second kappa shape index (κ2) is 7.96. The minimum atomic E-state index is -0.833. The minimum Gasteiger partial charge on any atom is -0.337 e. The zero-order chi connectivity index (χ0) is 20.4. The molecule has 4 rings (SSSR count). The number of halogens is 2. The first-order chi connectivity index (χ1) is 14.0. The monoisotopic (exact) mass is 399 g/mol. The number of likely N-dealkylation sites (tertiary alicyclic amines) is 1. The number of anilines is 1. The number of nitrogens with one attached hydrogen (secondary N) is 2. The van der Waals surface area contributed by atoms with E-state index < -0.39 is 17.7 Å². The lowest BCUT2D eigenvalue weighted by atomic mass is 10.1. The molecule has 3 aromatic rings. The Morgan fingerprint density at radius 2 is 2.00 bits per heavy atom. The SMILES string of the molecule is CN1C[C@@H](NC(=O)Nc2ccc(F)cc2F)C[C@H]1c1nc(-c2ccccc2)no1. The average Bonchev–Trinajstić information content (AvgIpc) is 3.31. The maximum absolute atomic E-state index is 13.7. The Hall–Kier alpha value is -3.33. The van der Waals surface area contributed by atoms with Crippen molar-refractivity contribution in [3.63, 3.8) is 0 Å². The van der Waals surface area contributed by atoms with E-state index in [2.05, 4.69) is 20.8 Å². The molecule has 2 heterocycles. The molecule has 0 radical (unpaired) electrons. The number of aromatic nitrogens is 2. The van der Waals surface area contributed by atoms with Crippen LogP contribution in [0, 0.1) is 11.6 Å². The molecule has 1 fully saturated rings. The van der Waals surface area contributed by atoms with Crippen LogP contribution in [-0.4, -0.2) is 40.7 Å². The molecule has 2 N–H and O–H groups in total. The highest BCUT2D eigenvalue weighted by molar-refractivity contribution is 5.89. The van der Waals surface area contributed by atoms with Gasteiger partial charge in [-0.2, -0.15) is 4.98 Å². The van der Waals surface area contributed by atoms with Crippen molar-refractivity contribution in [3.05, 3.63) is 66.1 Å². The Morgan fingerprint density at radius 1 is 1.21 bits per heavy atom. The molecule has 2 aromatic carbocycles. The van der Waals surface area contributed by atoms with E-state index in [0.29, 0.717) is 24.7 Å². The molecule has 0 saturated carbocycles. The van der Waals surface area contributed by atoms with Crippen LogP contribution in [0.5, 0.6) is 0 Å². The number of hydrogen-bond donors (Lipinski definition) is 2. The van der Waals surface area contributed by atoms with Gasteiger partial charge in [-0.25, -0.2) is 13.6 Å². The van der Waals surface area contributed by atoms with Crippen LogP contribution in [0.3, 0.4) is 0 Å². The van der Waals surface area contributed by atoms with Gasteiger partial charge in [-0.1, -0.05) is 35.5 Å². The van der Waals surface area contributed by atoms with E-state index in [4.69, 9.17) is 4.52 Å². The first-order valence-electron chi connectivity index (χ1n) is 9.11. The highest BCUT2D eigenvalue weighted by atomic mass is 19.1. The third kappa shape index (κ3) is 4.24. The topological polar surface area (TPSA) is 83.3 Å². The fourth-order valence-corrected chi connectivity index (χ4v) is 3.40. The largest absolute Gasteiger partial charge is 0.337 e. The van der Waals surface area contributed by atoms with Gasteiger partial charge in [0.05, 0.1) is 11.7 Å². The molecule has 1 saturated heterocycles. The molecule has 2 amide bonds. The van der Waals surface area contributed by atoms with Crippen LogP contribution in [0.1, 0.15) is 18.4 Å². The van der Waals surface area contributed by atoms with Crippen molar-refractivity contribution >= 4 is 11.7 Å². The molecule has 1 aliphatic heterocycles. The first kappa shape index (κ1) is 19.0. The van der Waals surface area contributed by atoms with Crippen molar-refractivity contribution in [3.8, 4) is 11.4 Å². The van der Waals surface area contributed by atoms with Crippen molar-refractivity contribution in [2.75, 3.05) is 18.9 Å². The summed E-state index contributed by atoms with van der Waals surface area (Å²) < 4.78 is 32.1. The minimum absolute atomic E-state index is 0.0868. The molecule has 0 bridgehead atoms. The van der Waals surface area contributed by atoms with E-state index in [1.807, 2.05) is 42.3 Å². The summed E-state index contributed by atoms with van der Waals surface area (Å²) in [5, 5.41) is 9.23. The average molecular weight is 399 g/mol. The van der Waals surface area contributed by atoms with Crippen molar-refractivity contribution in [1.82, 2.24) is 20.4 Å². The molecule has 1 aromatic heterocycles. The first-order valence-corrected chi connectivity index (χ1v) is 9.11. The van der Waals surface area contributed by atoms with E-state index in [-0.39, 0.29) is 17.8 Å². The van der Waals surface area contributed by atoms with E-state index >= 15 is 0 Å². The lowest BCUT2D eigenvalue weighted by Crippen LogP contribution is -2.39. The predicted octanol–water partition coefficient (Wildman–Crippen LogP) is 3.58. The zero-order valence-electron chi connectivity index (χ0n) is 15.6. The van der Waals surface area contributed by atoms with E-state index in [0.717, 1.165) is 17.7 Å². The van der Waals surface area contributed by atoms with Crippen LogP contribution in [0.2, 0.25) is 0 Å². The van der Waals surface area contributed by atoms with Crippen LogP contribution in [0.4, 0.5) is 19.3 Å². The molecule has 1 aliphatic rings. The molecule has 0 aliphatic carbocycles. The summed E-state index contributed by atoms with van der Waals surface area (Å²) in [7, 11) is 1.90. The Morgan fingerprint density at radius 3 is 2.76 bits per heavy atom. The molecule has 7 nitrogen and oxygen atoms in total. The Labute approximate surface area is 165 Å². The third-order valence-electron chi connectivity index (χ3n) is 4.82. The summed E-state index contributed by atoms with van der Waals surface area (Å²) in [6, 6.07) is 11.6. The number of rotatable bonds is 4. The van der Waals surface area contributed by atoms with Crippen LogP contribution in [0.25, 0.3) is 11.4 Å². The standard InChI is InChI=1S/C20H19F2N5O2/c1-27-11-14(23-20(28)24-16-8-7-13(21)9-15(16)22)10-17(27)19-25-18(26-29-19)12-5-3-2-4-6-12/h2-9,14,17H,10-11H2,1H3,(H2,23,24,28)/t14-,17-/m0/s1. The van der Waals surface area contributed by atoms with Gasteiger partial charge in [0.2, 0.25) is 11.7 Å². The van der Waals surface area contributed by atoms with E-state index in [9.17, 15) is 13.6 Å². The molecule has 0 unspecified atom stereocenters. The molecular weight excluding hydrogens is 380 g/mol. The maximum Gasteiger partial charge on any atom is 0.319 e. The number of amides is 2. The van der Waals surface area contributed by atoms with Gasteiger partial charge in [0.1, 0.15) is 11.6 Å². The molecule has 9 heteroatoms. The number of hydrogen-bond acceptors (Lipinski definition) is 5. The zero-order valence-corrected chi connectivity index (χ0v) is 15.6. The van der Waals surface area contributed by atoms with Crippen molar-refractivity contribution < 1.29 is 18.1 Å². The quantitative estimate of drug-likeness (QED) is 0.701. The number of benzene rings is 2. The fourth-order valence-electron chi connectivity index (χ4n) is 3.40. The summed E-state index contributed by atoms with van der Waals surface area (Å²) in [4.78, 5) is 18.7. The third-order valence-corrected chi connectivity index (χ3v) is 4.82. The molecular formula is C20H19F2N5O2. The Balaban J connectivity index is 1.38. The van der Waals surface area contributed by atoms with Crippen LogP contribution >= 0.6 is 0 Å². The summed E-state index contributed by atoms with van der Waals surface area (Å²) in [5.74, 6) is -0.556. The number of carbonyl (C=O) groups is 1. The van der Waals surface area contributed by atoms with E-state index in [1.54, 1.807) is 0 Å². The van der Waals surface area contributed by atoms with Crippen molar-refractivity contribution in [2.45, 2.75) is 18.5 Å². The Kier molecular flexibility index (Phi) is 5.22. The van der Waals surface area contributed by atoms with Gasteiger partial charge in [-0.05, 0) is 25.6 Å². The second-order valence-electron chi connectivity index (χ2n) is 6.93. The summed E-state index contributed by atoms with van der Waals surface area (Å²) >= 11 is 0. The lowest BCUT2D eigenvalue weighted by molar-refractivity contribution is 0.243. The van der Waals surface area contributed by atoms with Gasteiger partial charge >= 0.3 is 6.03 Å². The summed E-state index contributed by atoms with van der Waals surface area (Å²) in [5.41, 5.74) is 0.773. The van der Waals surface area contributed by atoms with Crippen LogP contribution in [-0.2, 0) is 0 Å². The lowest BCUT2D eigenvalue weighted by Gasteiger charge is -2.14. The van der Waals surface area contributed by atoms with Gasteiger partial charge in [-0.15, -0.1) is 0 Å². The number of nitrogens with zero attached hydrogens (tertiary/aromatic N) is 3. The smallest absolute Gasteiger partial charge is 0.319 e. The van der Waals surface area contributed by atoms with Gasteiger partial charge in [-0.3, -0.25) is 4.90 Å². The predicted molar refractivity (Wildman–Crippen MR) is 102 cm³/mol. The molecule has 29 heavy (non-hydrogen) atoms. The highest BCUT2D eigenvalue weighted by Gasteiger charge is 2.35. The van der Waals surface area contributed by atoms with Gasteiger partial charge in [0, 0.05) is 24.2 Å². The van der Waals surface area contributed by atoms with Crippen molar-refractivity contribution in [2.24, 2.45) is 0 Å². The number of likely N-dealkylation sites (N-methyl/N-ethyl adjacent to an activating group) is 1. The second-order valence-corrected chi connectivity index (χ2v) is 6.93. The van der Waals surface area contributed by atoms with E-state index in [1.165, 1.54) is 6.07 Å². The highest BCUT2D eigenvalue weighted by Crippen LogP contribution is 2.31. The Bertz CT molecular complexity index is 1010. The van der Waals surface area contributed by atoms with Gasteiger partial charge in [0.25, 0.3) is 0 Å². The molecule has 0 spiro atoms. The van der Waals surface area contributed by atoms with Crippen molar-refractivity contribution in [1.29, 1.82) is 0 Å². The number of urea groups is 1. The summed E-state index contributed by atoms with van der Waals surface area (Å²) in [6.45, 7) is 0.563. The normalized spacial score (nSPS) is 19.3. The maximum atomic E-state index is 13.7. The van der Waals surface area contributed by atoms with Gasteiger partial charge in [0.15, 0.2) is 0 Å². The summed E-state index contributed by atoms with van der Waals surface area (Å²) in [6.07, 6.45) is 0.562. The van der Waals surface area contributed by atoms with Gasteiger partial charge < -0.3 is 15.2 Å². The fraction of sp³-hybridized carbons (Fsp3) is 0.250. The van der Waals surface area contributed by atoms with Crippen LogP contribution < -0.4 is 10.6 Å². The van der Waals surface area contributed by atoms with Crippen LogP contribution in [0.15, 0.2) is 53.1 Å².